The second kappa shape index (κ2) is 8.24. The minimum atomic E-state index is 0. The van der Waals surface area contributed by atoms with Crippen LogP contribution < -0.4 is 15.8 Å². The molecule has 3 N–H and O–H groups in total. The summed E-state index contributed by atoms with van der Waals surface area (Å²) in [5.74, 6) is 2.17. The Kier molecular flexibility index (Phi) is 6.97. The highest BCUT2D eigenvalue weighted by Crippen LogP contribution is 2.24. The predicted molar refractivity (Wildman–Crippen MR) is 89.1 cm³/mol. The molecule has 106 valence electrons. The number of rotatable bonds is 5. The van der Waals surface area contributed by atoms with Gasteiger partial charge in [0.25, 0.3) is 0 Å². The van der Waals surface area contributed by atoms with E-state index in [1.165, 1.54) is 19.3 Å². The Bertz CT molecular complexity index is 419. The lowest BCUT2D eigenvalue weighted by atomic mass is 9.85. The molecule has 0 amide bonds. The lowest BCUT2D eigenvalue weighted by Crippen LogP contribution is -2.37. The minimum Gasteiger partial charge on any atom is -0.497 e. The Morgan fingerprint density at radius 2 is 2.26 bits per heavy atom. The molecule has 1 fully saturated rings. The van der Waals surface area contributed by atoms with Gasteiger partial charge >= 0.3 is 0 Å². The second-order valence-electron chi connectivity index (χ2n) is 4.73. The molecule has 1 aliphatic carbocycles. The van der Waals surface area contributed by atoms with Crippen LogP contribution in [0.25, 0.3) is 0 Å². The van der Waals surface area contributed by atoms with Crippen LogP contribution in [-0.2, 0) is 6.54 Å². The van der Waals surface area contributed by atoms with Crippen LogP contribution in [0.2, 0.25) is 0 Å². The van der Waals surface area contributed by atoms with Gasteiger partial charge < -0.3 is 15.8 Å². The van der Waals surface area contributed by atoms with Crippen molar-refractivity contribution in [2.75, 3.05) is 13.7 Å². The molecule has 0 atom stereocenters. The van der Waals surface area contributed by atoms with Crippen LogP contribution in [0.3, 0.4) is 0 Å². The van der Waals surface area contributed by atoms with Crippen molar-refractivity contribution in [1.29, 1.82) is 0 Å². The van der Waals surface area contributed by atoms with Crippen LogP contribution in [0.4, 0.5) is 0 Å². The van der Waals surface area contributed by atoms with E-state index in [2.05, 4.69) is 10.3 Å². The number of nitrogens with zero attached hydrogens (tertiary/aromatic N) is 1. The van der Waals surface area contributed by atoms with Crippen LogP contribution in [0.5, 0.6) is 5.75 Å². The van der Waals surface area contributed by atoms with Gasteiger partial charge in [0, 0.05) is 6.54 Å². The van der Waals surface area contributed by atoms with Crippen molar-refractivity contribution >= 4 is 29.9 Å². The first-order chi connectivity index (χ1) is 8.78. The van der Waals surface area contributed by atoms with Gasteiger partial charge in [-0.2, -0.15) is 0 Å². The third-order valence-electron chi connectivity index (χ3n) is 3.36. The Labute approximate surface area is 131 Å². The molecule has 0 unspecified atom stereocenters. The van der Waals surface area contributed by atoms with Crippen molar-refractivity contribution in [1.82, 2.24) is 5.32 Å². The first-order valence-electron chi connectivity index (χ1n) is 6.44. The summed E-state index contributed by atoms with van der Waals surface area (Å²) in [5, 5.41) is 3.18. The fourth-order valence-electron chi connectivity index (χ4n) is 1.95. The number of nitrogens with one attached hydrogen (secondary N) is 1. The average Bonchev–Trinajstić information content (AvgIpc) is 2.35. The topological polar surface area (TPSA) is 59.6 Å². The van der Waals surface area contributed by atoms with Crippen molar-refractivity contribution in [2.24, 2.45) is 16.6 Å². The Morgan fingerprint density at radius 3 is 2.89 bits per heavy atom. The number of hydrogen-bond donors (Lipinski definition) is 2. The van der Waals surface area contributed by atoms with E-state index < -0.39 is 0 Å². The number of benzene rings is 1. The van der Waals surface area contributed by atoms with Gasteiger partial charge in [0.2, 0.25) is 0 Å². The quantitative estimate of drug-likeness (QED) is 0.472. The van der Waals surface area contributed by atoms with Crippen LogP contribution in [0.15, 0.2) is 29.3 Å². The van der Waals surface area contributed by atoms with E-state index in [1.54, 1.807) is 7.11 Å². The normalized spacial score (nSPS) is 15.3. The third kappa shape index (κ3) is 5.26. The number of methoxy groups -OCH3 is 1. The third-order valence-corrected chi connectivity index (χ3v) is 3.36. The zero-order valence-electron chi connectivity index (χ0n) is 11.3. The van der Waals surface area contributed by atoms with Gasteiger partial charge in [-0.1, -0.05) is 18.6 Å². The summed E-state index contributed by atoms with van der Waals surface area (Å²) in [6.07, 6.45) is 3.99. The van der Waals surface area contributed by atoms with Gasteiger partial charge in [0.15, 0.2) is 5.96 Å². The Hall–Kier alpha value is -0.980. The van der Waals surface area contributed by atoms with Crippen molar-refractivity contribution in [3.63, 3.8) is 0 Å². The zero-order valence-corrected chi connectivity index (χ0v) is 13.6. The number of nitrogens with two attached hydrogens (primary N) is 1. The van der Waals surface area contributed by atoms with E-state index in [9.17, 15) is 0 Å². The maximum absolute atomic E-state index is 5.83. The molecular weight excluding hydrogens is 353 g/mol. The van der Waals surface area contributed by atoms with Crippen LogP contribution >= 0.6 is 24.0 Å². The molecular formula is C14H22IN3O. The van der Waals surface area contributed by atoms with E-state index >= 15 is 0 Å². The van der Waals surface area contributed by atoms with Gasteiger partial charge in [-0.3, -0.25) is 0 Å². The molecule has 0 aromatic heterocycles. The van der Waals surface area contributed by atoms with Gasteiger partial charge in [-0.05, 0) is 36.5 Å². The first kappa shape index (κ1) is 16.1. The number of ether oxygens (including phenoxy) is 1. The highest BCUT2D eigenvalue weighted by Gasteiger charge is 2.16. The molecule has 4 nitrogen and oxygen atoms in total. The van der Waals surface area contributed by atoms with E-state index in [0.29, 0.717) is 12.5 Å². The molecule has 2 rings (SSSR count). The molecule has 1 aromatic carbocycles. The minimum absolute atomic E-state index is 0. The summed E-state index contributed by atoms with van der Waals surface area (Å²) in [7, 11) is 1.66. The summed E-state index contributed by atoms with van der Waals surface area (Å²) >= 11 is 0. The highest BCUT2D eigenvalue weighted by molar-refractivity contribution is 14.0. The number of hydrogen-bond acceptors (Lipinski definition) is 2. The first-order valence-corrected chi connectivity index (χ1v) is 6.44. The molecule has 5 heteroatoms. The molecule has 0 aliphatic heterocycles. The van der Waals surface area contributed by atoms with Crippen LogP contribution in [0.1, 0.15) is 24.8 Å². The molecule has 0 bridgehead atoms. The largest absolute Gasteiger partial charge is 0.497 e. The molecule has 0 saturated heterocycles. The molecule has 1 aromatic rings. The number of halogens is 1. The van der Waals surface area contributed by atoms with E-state index in [4.69, 9.17) is 10.5 Å². The summed E-state index contributed by atoms with van der Waals surface area (Å²) < 4.78 is 5.17. The van der Waals surface area contributed by atoms with E-state index in [0.717, 1.165) is 23.8 Å². The van der Waals surface area contributed by atoms with E-state index in [1.807, 2.05) is 24.3 Å². The molecule has 1 aliphatic rings. The summed E-state index contributed by atoms with van der Waals surface area (Å²) in [4.78, 5) is 4.33. The Balaban J connectivity index is 0.00000180. The predicted octanol–water partition coefficient (Wildman–Crippen LogP) is 2.52. The highest BCUT2D eigenvalue weighted by atomic mass is 127. The molecule has 0 radical (unpaired) electrons. The van der Waals surface area contributed by atoms with Gasteiger partial charge in [-0.25, -0.2) is 4.99 Å². The van der Waals surface area contributed by atoms with Gasteiger partial charge in [0.05, 0.1) is 13.7 Å². The number of guanidine groups is 1. The smallest absolute Gasteiger partial charge is 0.188 e. The van der Waals surface area contributed by atoms with Gasteiger partial charge in [-0.15, -0.1) is 24.0 Å². The lowest BCUT2D eigenvalue weighted by Gasteiger charge is -2.25. The van der Waals surface area contributed by atoms with Crippen molar-refractivity contribution in [3.8, 4) is 5.75 Å². The zero-order chi connectivity index (χ0) is 12.8. The Morgan fingerprint density at radius 1 is 1.47 bits per heavy atom. The molecule has 19 heavy (non-hydrogen) atoms. The lowest BCUT2D eigenvalue weighted by molar-refractivity contribution is 0.315. The maximum Gasteiger partial charge on any atom is 0.188 e. The number of aliphatic imine (C=N–C) groups is 1. The van der Waals surface area contributed by atoms with E-state index in [-0.39, 0.29) is 24.0 Å². The standard InChI is InChI=1S/C14H21N3O.HI/c1-18-13-7-3-6-12(8-13)10-17-14(15)16-9-11-4-2-5-11;/h3,6-8,11H,2,4-5,9-10H2,1H3,(H3,15,16,17);1H. The van der Waals surface area contributed by atoms with Crippen molar-refractivity contribution in [2.45, 2.75) is 25.8 Å². The monoisotopic (exact) mass is 375 g/mol. The van der Waals surface area contributed by atoms with Crippen molar-refractivity contribution in [3.05, 3.63) is 29.8 Å². The second-order valence-corrected chi connectivity index (χ2v) is 4.73. The van der Waals surface area contributed by atoms with Crippen LogP contribution in [-0.4, -0.2) is 19.6 Å². The average molecular weight is 375 g/mol. The molecule has 0 spiro atoms. The summed E-state index contributed by atoms with van der Waals surface area (Å²) in [6.45, 7) is 1.54. The van der Waals surface area contributed by atoms with Gasteiger partial charge in [0.1, 0.15) is 5.75 Å². The fourth-order valence-corrected chi connectivity index (χ4v) is 1.95. The van der Waals surface area contributed by atoms with Crippen LogP contribution in [0, 0.1) is 5.92 Å². The summed E-state index contributed by atoms with van der Waals surface area (Å²) in [5.41, 5.74) is 6.93. The fraction of sp³-hybridized carbons (Fsp3) is 0.500. The SMILES string of the molecule is COc1cccc(CN=C(N)NCC2CCC2)c1.I. The molecule has 1 saturated carbocycles. The summed E-state index contributed by atoms with van der Waals surface area (Å²) in [6, 6.07) is 7.88. The maximum atomic E-state index is 5.83. The molecule has 0 heterocycles. The van der Waals surface area contributed by atoms with Crippen molar-refractivity contribution < 1.29 is 4.74 Å².